The van der Waals surface area contributed by atoms with Crippen LogP contribution < -0.4 is 19.8 Å². The first-order chi connectivity index (χ1) is 16.1. The number of nitrogens with zero attached hydrogens (tertiary/aromatic N) is 3. The van der Waals surface area contributed by atoms with Crippen molar-refractivity contribution in [2.75, 3.05) is 16.8 Å². The number of thiazole rings is 1. The number of thiophene rings is 1. The van der Waals surface area contributed by atoms with E-state index < -0.39 is 27.9 Å². The molecule has 7 nitrogen and oxygen atoms in total. The van der Waals surface area contributed by atoms with Crippen LogP contribution in [0, 0.1) is 5.82 Å². The van der Waals surface area contributed by atoms with E-state index in [2.05, 4.69) is 4.98 Å². The van der Waals surface area contributed by atoms with E-state index in [-0.39, 0.29) is 16.1 Å². The van der Waals surface area contributed by atoms with Crippen molar-refractivity contribution in [1.82, 2.24) is 4.98 Å². The molecule has 1 amide bonds. The maximum atomic E-state index is 14.1. The summed E-state index contributed by atoms with van der Waals surface area (Å²) in [4.78, 5) is 23.0. The van der Waals surface area contributed by atoms with Crippen molar-refractivity contribution < 1.29 is 17.6 Å². The quantitative estimate of drug-likeness (QED) is 0.426. The maximum absolute atomic E-state index is 14.1. The van der Waals surface area contributed by atoms with E-state index in [0.717, 1.165) is 15.8 Å². The van der Waals surface area contributed by atoms with Gasteiger partial charge in [0.15, 0.2) is 7.85 Å². The number of rotatable bonds is 4. The van der Waals surface area contributed by atoms with Crippen molar-refractivity contribution in [3.8, 4) is 10.6 Å². The molecule has 4 aromatic rings. The van der Waals surface area contributed by atoms with Crippen LogP contribution in [0.2, 0.25) is 0 Å². The summed E-state index contributed by atoms with van der Waals surface area (Å²) in [7, 11) is 3.39. The molecule has 1 aliphatic heterocycles. The minimum absolute atomic E-state index is 0.106. The average molecular weight is 510 g/mol. The molecule has 0 spiro atoms. The Morgan fingerprint density at radius 2 is 1.88 bits per heavy atom. The number of hydrogen-bond donors (Lipinski definition) is 1. The highest BCUT2D eigenvalue weighted by atomic mass is 32.2. The van der Waals surface area contributed by atoms with Gasteiger partial charge in [-0.25, -0.2) is 17.9 Å². The number of aromatic nitrogens is 1. The summed E-state index contributed by atoms with van der Waals surface area (Å²) in [5, 5.41) is 7.31. The summed E-state index contributed by atoms with van der Waals surface area (Å²) in [6.07, 6.45) is -0.719. The fourth-order valence-corrected chi connectivity index (χ4v) is 6.49. The molecule has 0 saturated carbocycles. The summed E-state index contributed by atoms with van der Waals surface area (Å²) in [6.45, 7) is 0. The van der Waals surface area contributed by atoms with Crippen molar-refractivity contribution in [3.63, 3.8) is 0 Å². The second-order valence-electron chi connectivity index (χ2n) is 7.61. The van der Waals surface area contributed by atoms with Crippen LogP contribution in [0.3, 0.4) is 0 Å². The average Bonchev–Trinajstić information content (AvgIpc) is 3.44. The predicted octanol–water partition coefficient (Wildman–Crippen LogP) is 3.25. The molecule has 0 bridgehead atoms. The standard InChI is InChI=1S/C22H16BFN4O3S3/c1-27-15-7-6-12(24)10-13(15)21(29)28(16-4-2-3-5-19(16)34(25,30)31)20(27)18-9-8-17(33-18)14-11-32-22(23)26-14/h2-11,20H,1H3,(H2,25,30,31). The van der Waals surface area contributed by atoms with Gasteiger partial charge in [-0.2, -0.15) is 0 Å². The van der Waals surface area contributed by atoms with Crippen molar-refractivity contribution >= 4 is 62.7 Å². The van der Waals surface area contributed by atoms with Crippen LogP contribution in [0.15, 0.2) is 64.9 Å². The lowest BCUT2D eigenvalue weighted by Crippen LogP contribution is -2.48. The zero-order chi connectivity index (χ0) is 24.2. The van der Waals surface area contributed by atoms with Gasteiger partial charge in [-0.3, -0.25) is 14.7 Å². The molecule has 3 heterocycles. The van der Waals surface area contributed by atoms with Crippen LogP contribution in [-0.4, -0.2) is 34.2 Å². The third-order valence-electron chi connectivity index (χ3n) is 5.49. The molecule has 170 valence electrons. The number of para-hydroxylation sites is 1. The Bertz CT molecular complexity index is 1540. The second-order valence-corrected chi connectivity index (χ2v) is 11.1. The number of sulfonamides is 1. The lowest BCUT2D eigenvalue weighted by Gasteiger charge is -2.43. The van der Waals surface area contributed by atoms with Gasteiger partial charge in [0.05, 0.1) is 27.5 Å². The van der Waals surface area contributed by atoms with Gasteiger partial charge in [0.1, 0.15) is 16.9 Å². The van der Waals surface area contributed by atoms with Gasteiger partial charge in [0.2, 0.25) is 10.0 Å². The first-order valence-corrected chi connectivity index (χ1v) is 13.2. The molecule has 0 fully saturated rings. The molecular formula is C22H16BFN4O3S3. The fraction of sp³-hybridized carbons (Fsp3) is 0.0909. The number of carbonyl (C=O) groups is 1. The zero-order valence-electron chi connectivity index (χ0n) is 17.7. The van der Waals surface area contributed by atoms with Crippen molar-refractivity contribution in [3.05, 3.63) is 76.2 Å². The first-order valence-electron chi connectivity index (χ1n) is 9.94. The van der Waals surface area contributed by atoms with Gasteiger partial charge < -0.3 is 4.90 Å². The molecule has 2 radical (unpaired) electrons. The molecule has 2 aromatic carbocycles. The van der Waals surface area contributed by atoms with E-state index >= 15 is 0 Å². The number of hydrogen-bond acceptors (Lipinski definition) is 7. The largest absolute Gasteiger partial charge is 0.349 e. The van der Waals surface area contributed by atoms with Crippen molar-refractivity contribution in [2.45, 2.75) is 11.1 Å². The summed E-state index contributed by atoms with van der Waals surface area (Å²) in [5.74, 6) is -1.11. The lowest BCUT2D eigenvalue weighted by molar-refractivity contribution is 0.0969. The van der Waals surface area contributed by atoms with Gasteiger partial charge in [0.25, 0.3) is 5.91 Å². The molecule has 1 atom stereocenters. The summed E-state index contributed by atoms with van der Waals surface area (Å²) >= 11 is 2.72. The maximum Gasteiger partial charge on any atom is 0.262 e. The molecule has 12 heteroatoms. The summed E-state index contributed by atoms with van der Waals surface area (Å²) < 4.78 is 38.8. The number of anilines is 2. The molecule has 0 saturated heterocycles. The van der Waals surface area contributed by atoms with Gasteiger partial charge in [0, 0.05) is 22.2 Å². The fourth-order valence-electron chi connectivity index (χ4n) is 4.02. The number of fused-ring (bicyclic) bond motifs is 1. The molecule has 1 aliphatic rings. The van der Waals surface area contributed by atoms with Gasteiger partial charge >= 0.3 is 0 Å². The Morgan fingerprint density at radius 3 is 2.59 bits per heavy atom. The van der Waals surface area contributed by atoms with Crippen LogP contribution in [0.4, 0.5) is 15.8 Å². The van der Waals surface area contributed by atoms with Crippen molar-refractivity contribution in [2.24, 2.45) is 5.14 Å². The number of nitrogens with two attached hydrogens (primary N) is 1. The Labute approximate surface area is 204 Å². The van der Waals surface area contributed by atoms with Crippen LogP contribution >= 0.6 is 22.7 Å². The summed E-state index contributed by atoms with van der Waals surface area (Å²) in [5.41, 5.74) is 1.46. The molecule has 5 rings (SSSR count). The van der Waals surface area contributed by atoms with Crippen LogP contribution in [0.25, 0.3) is 10.6 Å². The molecule has 0 aliphatic carbocycles. The Balaban J connectivity index is 1.72. The van der Waals surface area contributed by atoms with Gasteiger partial charge in [-0.1, -0.05) is 12.1 Å². The van der Waals surface area contributed by atoms with Gasteiger partial charge in [-0.15, -0.1) is 22.7 Å². The monoisotopic (exact) mass is 510 g/mol. The molecule has 34 heavy (non-hydrogen) atoms. The highest BCUT2D eigenvalue weighted by Crippen LogP contribution is 2.45. The number of benzene rings is 2. The first kappa shape index (κ1) is 22.7. The number of primary sulfonamides is 1. The highest BCUT2D eigenvalue weighted by Gasteiger charge is 2.40. The second kappa shape index (κ2) is 8.31. The minimum atomic E-state index is -4.16. The van der Waals surface area contributed by atoms with E-state index in [1.54, 1.807) is 18.0 Å². The summed E-state index contributed by atoms with van der Waals surface area (Å²) in [6, 6.07) is 13.7. The SMILES string of the molecule is [B]c1nc(-c2ccc(C3N(C)c4ccc(F)cc4C(=O)N3c3ccccc3S(N)(=O)=O)s2)cs1. The van der Waals surface area contributed by atoms with E-state index in [1.165, 1.54) is 57.9 Å². The van der Waals surface area contributed by atoms with Gasteiger partial charge in [-0.05, 0) is 42.5 Å². The highest BCUT2D eigenvalue weighted by molar-refractivity contribution is 7.89. The zero-order valence-corrected chi connectivity index (χ0v) is 20.1. The number of amides is 1. The Morgan fingerprint density at radius 1 is 1.12 bits per heavy atom. The van der Waals surface area contributed by atoms with E-state index in [4.69, 9.17) is 13.0 Å². The molecular weight excluding hydrogens is 494 g/mol. The topological polar surface area (TPSA) is 96.6 Å². The van der Waals surface area contributed by atoms with E-state index in [0.29, 0.717) is 16.3 Å². The third kappa shape index (κ3) is 3.82. The van der Waals surface area contributed by atoms with Crippen LogP contribution in [0.1, 0.15) is 21.4 Å². The number of carbonyl (C=O) groups excluding carboxylic acids is 1. The molecule has 1 unspecified atom stereocenters. The van der Waals surface area contributed by atoms with Crippen LogP contribution in [0.5, 0.6) is 0 Å². The Hall–Kier alpha value is -3.06. The smallest absolute Gasteiger partial charge is 0.262 e. The normalized spacial score (nSPS) is 16.1. The molecule has 2 N–H and O–H groups in total. The minimum Gasteiger partial charge on any atom is -0.349 e. The van der Waals surface area contributed by atoms with E-state index in [9.17, 15) is 17.6 Å². The molecule has 2 aromatic heterocycles. The van der Waals surface area contributed by atoms with Crippen LogP contribution in [-0.2, 0) is 10.0 Å². The predicted molar refractivity (Wildman–Crippen MR) is 133 cm³/mol. The lowest BCUT2D eigenvalue weighted by atomic mass is 10.0. The number of halogens is 1. The van der Waals surface area contributed by atoms with Crippen molar-refractivity contribution in [1.29, 1.82) is 0 Å². The van der Waals surface area contributed by atoms with E-state index in [1.807, 2.05) is 17.5 Å². The third-order valence-corrected chi connectivity index (χ3v) is 8.27. The Kier molecular flexibility index (Phi) is 5.55.